The summed E-state index contributed by atoms with van der Waals surface area (Å²) in [5.74, 6) is 1.98. The Morgan fingerprint density at radius 1 is 0.574 bits per heavy atom. The van der Waals surface area contributed by atoms with Gasteiger partial charge in [-0.25, -0.2) is 0 Å². The molecule has 1 radical (unpaired) electrons. The molecule has 1 fully saturated rings. The Labute approximate surface area is 374 Å². The van der Waals surface area contributed by atoms with E-state index in [1.165, 1.54) is 51.3 Å². The van der Waals surface area contributed by atoms with Crippen LogP contribution in [0.5, 0.6) is 0 Å². The van der Waals surface area contributed by atoms with Crippen LogP contribution in [-0.2, 0) is 20.1 Å². The molecule has 2 unspecified atom stereocenters. The Morgan fingerprint density at radius 3 is 1.80 bits per heavy atom. The maximum atomic E-state index is 3.48. The van der Waals surface area contributed by atoms with Crippen molar-refractivity contribution in [3.05, 3.63) is 242 Å². The normalized spacial score (nSPS) is 19.7. The van der Waals surface area contributed by atoms with Crippen molar-refractivity contribution in [2.45, 2.75) is 31.8 Å². The fourth-order valence-electron chi connectivity index (χ4n) is 9.62. The molecule has 0 aromatic heterocycles. The van der Waals surface area contributed by atoms with E-state index in [1.54, 1.807) is 0 Å². The molecule has 61 heavy (non-hydrogen) atoms. The molecule has 5 aliphatic heterocycles. The SMILES string of the molecule is [Ir].[c-]1ccccc1N1C=C(c2ccccc2)N(CCC2CC[C-]3[C-](N4[CH-]N(c5[c-]cccc5)C=C4c4ccccc4)c4ccccc4N4C=C(c5ccccc5)N(CC2)C34)[CH-]1. The van der Waals surface area contributed by atoms with Crippen LogP contribution in [0.2, 0.25) is 0 Å². The number of hydrogen-bond donors (Lipinski definition) is 0. The maximum Gasteiger partial charge on any atom is 0.0588 e. The summed E-state index contributed by atoms with van der Waals surface area (Å²) in [5.41, 5.74) is 11.9. The summed E-state index contributed by atoms with van der Waals surface area (Å²) >= 11 is 0. The quantitative estimate of drug-likeness (QED) is 0.134. The Bertz CT molecular complexity index is 2510. The molecule has 5 heterocycles. The van der Waals surface area contributed by atoms with Gasteiger partial charge in [-0.15, -0.1) is 17.4 Å². The molecule has 7 heteroatoms. The molecule has 307 valence electrons. The van der Waals surface area contributed by atoms with Crippen LogP contribution in [0.25, 0.3) is 17.1 Å². The van der Waals surface area contributed by atoms with E-state index in [2.05, 4.69) is 213 Å². The first-order chi connectivity index (χ1) is 29.8. The van der Waals surface area contributed by atoms with Gasteiger partial charge in [0, 0.05) is 44.2 Å². The van der Waals surface area contributed by atoms with E-state index in [-0.39, 0.29) is 26.3 Å². The number of benzene rings is 6. The predicted octanol–water partition coefficient (Wildman–Crippen LogP) is 11.3. The molecule has 1 saturated heterocycles. The van der Waals surface area contributed by atoms with Crippen LogP contribution in [0.15, 0.2) is 182 Å². The van der Waals surface area contributed by atoms with Crippen molar-refractivity contribution in [3.63, 3.8) is 0 Å². The van der Waals surface area contributed by atoms with Gasteiger partial charge in [0.15, 0.2) is 0 Å². The minimum absolute atomic E-state index is 0. The van der Waals surface area contributed by atoms with E-state index >= 15 is 0 Å². The fraction of sp³-hybridized carbons (Fsp3) is 0.148. The Balaban J connectivity index is 0.00000445. The van der Waals surface area contributed by atoms with Crippen molar-refractivity contribution < 1.29 is 20.1 Å². The molecule has 0 aliphatic carbocycles. The molecular weight excluding hydrogens is 925 g/mol. The number of nitrogens with zero attached hydrogens (tertiary/aromatic N) is 6. The summed E-state index contributed by atoms with van der Waals surface area (Å²) in [4.78, 5) is 14.7. The molecular formula is C54H46IrN6-6. The Kier molecular flexibility index (Phi) is 10.9. The van der Waals surface area contributed by atoms with Crippen LogP contribution in [-0.4, -0.2) is 34.0 Å². The van der Waals surface area contributed by atoms with Crippen molar-refractivity contribution in [1.82, 2.24) is 14.7 Å². The van der Waals surface area contributed by atoms with Crippen LogP contribution < -0.4 is 14.7 Å². The largest absolute Gasteiger partial charge is 0.555 e. The zero-order chi connectivity index (χ0) is 39.8. The average molecular weight is 971 g/mol. The minimum Gasteiger partial charge on any atom is -0.555 e. The van der Waals surface area contributed by atoms with Gasteiger partial charge in [-0.1, -0.05) is 115 Å². The molecule has 0 amide bonds. The van der Waals surface area contributed by atoms with Crippen LogP contribution in [0.1, 0.15) is 47.9 Å². The molecule has 6 nitrogen and oxygen atoms in total. The van der Waals surface area contributed by atoms with Crippen molar-refractivity contribution in [2.75, 3.05) is 27.8 Å². The molecule has 0 bridgehead atoms. The first kappa shape index (κ1) is 39.0. The molecule has 0 spiro atoms. The monoisotopic (exact) mass is 971 g/mol. The molecule has 6 aromatic rings. The second-order valence-corrected chi connectivity index (χ2v) is 16.1. The van der Waals surface area contributed by atoms with Crippen molar-refractivity contribution in [2.24, 2.45) is 5.92 Å². The van der Waals surface area contributed by atoms with Crippen molar-refractivity contribution in [3.8, 4) is 0 Å². The first-order valence-electron chi connectivity index (χ1n) is 21.2. The van der Waals surface area contributed by atoms with Gasteiger partial charge in [-0.2, -0.15) is 92.1 Å². The van der Waals surface area contributed by atoms with Gasteiger partial charge in [0.25, 0.3) is 0 Å². The molecule has 6 aromatic carbocycles. The molecule has 5 aliphatic rings. The van der Waals surface area contributed by atoms with Gasteiger partial charge in [0.2, 0.25) is 0 Å². The predicted molar refractivity (Wildman–Crippen MR) is 243 cm³/mol. The topological polar surface area (TPSA) is 19.4 Å². The van der Waals surface area contributed by atoms with Gasteiger partial charge in [0.1, 0.15) is 0 Å². The summed E-state index contributed by atoms with van der Waals surface area (Å²) < 4.78 is 0. The zero-order valence-corrected chi connectivity index (χ0v) is 36.3. The third-order valence-electron chi connectivity index (χ3n) is 12.5. The zero-order valence-electron chi connectivity index (χ0n) is 33.9. The van der Waals surface area contributed by atoms with E-state index in [0.717, 1.165) is 55.8 Å². The molecule has 0 saturated carbocycles. The summed E-state index contributed by atoms with van der Waals surface area (Å²) in [6.07, 6.45) is 11.3. The summed E-state index contributed by atoms with van der Waals surface area (Å²) in [7, 11) is 0. The van der Waals surface area contributed by atoms with Crippen LogP contribution in [0.3, 0.4) is 0 Å². The van der Waals surface area contributed by atoms with E-state index in [0.29, 0.717) is 5.92 Å². The van der Waals surface area contributed by atoms with Gasteiger partial charge in [-0.05, 0) is 60.6 Å². The number of rotatable bonds is 9. The van der Waals surface area contributed by atoms with Crippen LogP contribution in [0, 0.1) is 43.3 Å². The van der Waals surface area contributed by atoms with Gasteiger partial charge in [0.05, 0.1) is 5.70 Å². The molecule has 11 rings (SSSR count). The van der Waals surface area contributed by atoms with Crippen LogP contribution >= 0.6 is 0 Å². The average Bonchev–Trinajstić information content (AvgIpc) is 4.06. The van der Waals surface area contributed by atoms with Crippen molar-refractivity contribution >= 4 is 34.2 Å². The number of fused-ring (bicyclic) bond motifs is 2. The van der Waals surface area contributed by atoms with E-state index in [1.807, 2.05) is 24.3 Å². The van der Waals surface area contributed by atoms with Gasteiger partial charge >= 0.3 is 0 Å². The molecule has 0 N–H and O–H groups in total. The molecule has 2 atom stereocenters. The van der Waals surface area contributed by atoms with Crippen molar-refractivity contribution in [1.29, 1.82) is 0 Å². The standard InChI is InChI=1S/C54H46N6.Ir/c1-6-18-42(19-7-1)50-36-56(45-24-12-4-13-25-45)39-55(50)34-32-41-30-31-48-53(60-40-57(46-26-14-5-15-27-46)37-51(60)43-20-8-2-9-21-43)47-28-16-17-29-49(47)59-38-52(44-22-10-3-11-23-44)58(35-33-41)54(48)59;/h1-24,26,28-29,36-41,54H,30-35H2;/q-6;. The van der Waals surface area contributed by atoms with Crippen LogP contribution in [0.4, 0.5) is 17.1 Å². The smallest absolute Gasteiger partial charge is 0.0588 e. The second kappa shape index (κ2) is 17.1. The second-order valence-electron chi connectivity index (χ2n) is 16.1. The number of anilines is 3. The van der Waals surface area contributed by atoms with Gasteiger partial charge in [-0.3, -0.25) is 12.0 Å². The third kappa shape index (κ3) is 7.41. The Hall–Kier alpha value is -6.14. The fourth-order valence-corrected chi connectivity index (χ4v) is 9.62. The number of hydrogen-bond acceptors (Lipinski definition) is 6. The summed E-state index contributed by atoms with van der Waals surface area (Å²) in [6.45, 7) is 6.44. The van der Waals surface area contributed by atoms with E-state index < -0.39 is 0 Å². The minimum atomic E-state index is 0. The Morgan fingerprint density at radius 2 is 1.15 bits per heavy atom. The summed E-state index contributed by atoms with van der Waals surface area (Å²) in [6, 6.07) is 66.3. The first-order valence-corrected chi connectivity index (χ1v) is 21.2. The summed E-state index contributed by atoms with van der Waals surface area (Å²) in [5, 5.41) is 0. The van der Waals surface area contributed by atoms with E-state index in [9.17, 15) is 0 Å². The number of para-hydroxylation sites is 3. The maximum absolute atomic E-state index is 3.48. The van der Waals surface area contributed by atoms with E-state index in [4.69, 9.17) is 0 Å². The van der Waals surface area contributed by atoms with Gasteiger partial charge < -0.3 is 29.4 Å². The third-order valence-corrected chi connectivity index (χ3v) is 12.5.